The van der Waals surface area contributed by atoms with Crippen molar-refractivity contribution < 1.29 is 4.79 Å². The molecule has 1 aliphatic carbocycles. The van der Waals surface area contributed by atoms with Gasteiger partial charge in [-0.2, -0.15) is 0 Å². The van der Waals surface area contributed by atoms with Gasteiger partial charge in [-0.1, -0.05) is 91.7 Å². The van der Waals surface area contributed by atoms with E-state index in [0.717, 1.165) is 31.0 Å². The Kier molecular flexibility index (Phi) is 8.32. The van der Waals surface area contributed by atoms with E-state index in [9.17, 15) is 4.79 Å². The number of hydrogen-bond acceptors (Lipinski definition) is 5. The zero-order chi connectivity index (χ0) is 25.6. The lowest BCUT2D eigenvalue weighted by atomic mass is 9.84. The average Bonchev–Trinajstić information content (AvgIpc) is 3.45. The molecule has 1 heterocycles. The summed E-state index contributed by atoms with van der Waals surface area (Å²) >= 11 is 1.79. The van der Waals surface area contributed by atoms with Gasteiger partial charge in [-0.15, -0.1) is 0 Å². The van der Waals surface area contributed by atoms with E-state index in [0.29, 0.717) is 5.56 Å². The fraction of sp³-hybridized carbons (Fsp3) is 0.344. The molecule has 0 spiro atoms. The van der Waals surface area contributed by atoms with Crippen molar-refractivity contribution in [3.8, 4) is 0 Å². The highest BCUT2D eigenvalue weighted by molar-refractivity contribution is 8.03. The van der Waals surface area contributed by atoms with E-state index in [2.05, 4.69) is 83.2 Å². The quantitative estimate of drug-likeness (QED) is 0.307. The summed E-state index contributed by atoms with van der Waals surface area (Å²) in [5.41, 5.74) is 8.54. The van der Waals surface area contributed by atoms with Gasteiger partial charge in [0.2, 0.25) is 0 Å². The topological polar surface area (TPSA) is 35.6 Å². The predicted octanol–water partition coefficient (Wildman–Crippen LogP) is 7.23. The monoisotopic (exact) mass is 511 g/mol. The van der Waals surface area contributed by atoms with Crippen LogP contribution in [0.1, 0.15) is 70.6 Å². The van der Waals surface area contributed by atoms with Gasteiger partial charge in [0, 0.05) is 37.1 Å². The first-order chi connectivity index (χ1) is 18.1. The molecule has 0 aromatic heterocycles. The number of thioether (sulfide) groups is 1. The molecule has 0 radical (unpaired) electrons. The van der Waals surface area contributed by atoms with E-state index < -0.39 is 0 Å². The van der Waals surface area contributed by atoms with Gasteiger partial charge in [0.15, 0.2) is 0 Å². The summed E-state index contributed by atoms with van der Waals surface area (Å²) in [6.07, 6.45) is 7.75. The fourth-order valence-electron chi connectivity index (χ4n) is 5.36. The first-order valence-corrected chi connectivity index (χ1v) is 14.3. The highest BCUT2D eigenvalue weighted by Crippen LogP contribution is 2.33. The summed E-state index contributed by atoms with van der Waals surface area (Å²) in [6, 6.07) is 26.0. The van der Waals surface area contributed by atoms with E-state index in [1.165, 1.54) is 60.0 Å². The summed E-state index contributed by atoms with van der Waals surface area (Å²) in [4.78, 5) is 15.5. The van der Waals surface area contributed by atoms with Crippen molar-refractivity contribution >= 4 is 29.4 Å². The predicted molar refractivity (Wildman–Crippen MR) is 157 cm³/mol. The van der Waals surface area contributed by atoms with Crippen LogP contribution >= 0.6 is 11.8 Å². The smallest absolute Gasteiger partial charge is 0.150 e. The average molecular weight is 512 g/mol. The number of benzene rings is 3. The molecular formula is C32H37N3OS. The molecule has 37 heavy (non-hydrogen) atoms. The van der Waals surface area contributed by atoms with Gasteiger partial charge in [0.05, 0.1) is 0 Å². The summed E-state index contributed by atoms with van der Waals surface area (Å²) in [6.45, 7) is 1.72. The van der Waals surface area contributed by atoms with Crippen LogP contribution in [0, 0.1) is 0 Å². The summed E-state index contributed by atoms with van der Waals surface area (Å²) in [5.74, 6) is 0.763. The molecular weight excluding hydrogens is 474 g/mol. The maximum Gasteiger partial charge on any atom is 0.150 e. The molecule has 4 nitrogen and oxygen atoms in total. The molecule has 5 rings (SSSR count). The SMILES string of the molecule is CN(Cc1ccc(C2CCCCC2)cc1)c1ccc(C2=CSC(N(C)Cc3ccc(C=O)cc3)N2)cc1. The van der Waals surface area contributed by atoms with Crippen molar-refractivity contribution in [3.63, 3.8) is 0 Å². The van der Waals surface area contributed by atoms with Gasteiger partial charge in [0.1, 0.15) is 11.8 Å². The molecule has 1 aliphatic heterocycles. The number of carbonyl (C=O) groups excluding carboxylic acids is 1. The molecule has 5 heteroatoms. The van der Waals surface area contributed by atoms with Gasteiger partial charge in [0.25, 0.3) is 0 Å². The molecule has 0 bridgehead atoms. The molecule has 1 saturated carbocycles. The lowest BCUT2D eigenvalue weighted by Crippen LogP contribution is -2.36. The van der Waals surface area contributed by atoms with Crippen LogP contribution in [0.2, 0.25) is 0 Å². The minimum atomic E-state index is 0.180. The Morgan fingerprint density at radius 3 is 2.16 bits per heavy atom. The number of carbonyl (C=O) groups is 1. The highest BCUT2D eigenvalue weighted by atomic mass is 32.2. The molecule has 1 unspecified atom stereocenters. The van der Waals surface area contributed by atoms with E-state index in [1.807, 2.05) is 24.3 Å². The molecule has 0 amide bonds. The van der Waals surface area contributed by atoms with Gasteiger partial charge in [-0.25, -0.2) is 0 Å². The second-order valence-corrected chi connectivity index (χ2v) is 11.4. The molecule has 192 valence electrons. The molecule has 3 aromatic rings. The third-order valence-corrected chi connectivity index (χ3v) is 8.74. The molecule has 3 aromatic carbocycles. The molecule has 1 N–H and O–H groups in total. The Morgan fingerprint density at radius 1 is 0.838 bits per heavy atom. The van der Waals surface area contributed by atoms with Crippen LogP contribution in [0.25, 0.3) is 5.70 Å². The minimum Gasteiger partial charge on any atom is -0.370 e. The van der Waals surface area contributed by atoms with Gasteiger partial charge < -0.3 is 10.2 Å². The number of rotatable bonds is 9. The zero-order valence-corrected chi connectivity index (χ0v) is 22.7. The van der Waals surface area contributed by atoms with Crippen molar-refractivity contribution in [1.29, 1.82) is 0 Å². The number of nitrogens with zero attached hydrogens (tertiary/aromatic N) is 2. The van der Waals surface area contributed by atoms with Crippen LogP contribution in [-0.4, -0.2) is 30.8 Å². The second-order valence-electron chi connectivity index (χ2n) is 10.4. The van der Waals surface area contributed by atoms with E-state index in [4.69, 9.17) is 0 Å². The maximum atomic E-state index is 10.9. The molecule has 1 fully saturated rings. The van der Waals surface area contributed by atoms with Crippen LogP contribution in [0.4, 0.5) is 5.69 Å². The van der Waals surface area contributed by atoms with Crippen molar-refractivity contribution in [2.75, 3.05) is 19.0 Å². The second kappa shape index (κ2) is 12.0. The number of anilines is 1. The summed E-state index contributed by atoms with van der Waals surface area (Å²) in [7, 11) is 4.29. The molecule has 2 aliphatic rings. The van der Waals surface area contributed by atoms with Gasteiger partial charge >= 0.3 is 0 Å². The fourth-order valence-corrected chi connectivity index (χ4v) is 6.31. The first-order valence-electron chi connectivity index (χ1n) is 13.4. The minimum absolute atomic E-state index is 0.180. The molecule has 1 atom stereocenters. The highest BCUT2D eigenvalue weighted by Gasteiger charge is 2.22. The van der Waals surface area contributed by atoms with Crippen molar-refractivity contribution in [1.82, 2.24) is 10.2 Å². The normalized spacial score (nSPS) is 17.9. The van der Waals surface area contributed by atoms with Crippen molar-refractivity contribution in [3.05, 3.63) is 106 Å². The molecule has 0 saturated heterocycles. The van der Waals surface area contributed by atoms with E-state index in [1.54, 1.807) is 11.8 Å². The van der Waals surface area contributed by atoms with Crippen LogP contribution in [-0.2, 0) is 13.1 Å². The van der Waals surface area contributed by atoms with Crippen LogP contribution in [0.5, 0.6) is 0 Å². The Bertz CT molecular complexity index is 1200. The van der Waals surface area contributed by atoms with Crippen molar-refractivity contribution in [2.45, 2.75) is 56.6 Å². The Labute approximate surface area is 225 Å². The Morgan fingerprint density at radius 2 is 1.49 bits per heavy atom. The largest absolute Gasteiger partial charge is 0.370 e. The summed E-state index contributed by atoms with van der Waals surface area (Å²) < 4.78 is 0. The van der Waals surface area contributed by atoms with Gasteiger partial charge in [-0.05, 0) is 65.6 Å². The third-order valence-electron chi connectivity index (χ3n) is 7.64. The standard InChI is InChI=1S/C32H37N3OS/c1-34(20-25-12-14-28(15-13-25)27-6-4-3-5-7-27)30-18-16-29(17-19-30)31-23-37-32(33-31)35(2)21-24-8-10-26(22-36)11-9-24/h8-19,22-23,27,32-33H,3-7,20-21H2,1-2H3. The first kappa shape index (κ1) is 25.6. The number of hydrogen-bond donors (Lipinski definition) is 1. The van der Waals surface area contributed by atoms with Crippen LogP contribution in [0.3, 0.4) is 0 Å². The third kappa shape index (κ3) is 6.46. The van der Waals surface area contributed by atoms with Gasteiger partial charge in [-0.3, -0.25) is 9.69 Å². The van der Waals surface area contributed by atoms with Crippen LogP contribution < -0.4 is 10.2 Å². The van der Waals surface area contributed by atoms with Crippen LogP contribution in [0.15, 0.2) is 78.2 Å². The lowest BCUT2D eigenvalue weighted by Gasteiger charge is -2.25. The lowest BCUT2D eigenvalue weighted by molar-refractivity contribution is 0.112. The number of aldehydes is 1. The van der Waals surface area contributed by atoms with E-state index in [-0.39, 0.29) is 5.50 Å². The van der Waals surface area contributed by atoms with Crippen molar-refractivity contribution in [2.24, 2.45) is 0 Å². The number of nitrogens with one attached hydrogen (secondary N) is 1. The Hall–Kier alpha value is -3.02. The summed E-state index contributed by atoms with van der Waals surface area (Å²) in [5, 5.41) is 5.86. The zero-order valence-electron chi connectivity index (χ0n) is 21.9. The van der Waals surface area contributed by atoms with E-state index >= 15 is 0 Å². The maximum absolute atomic E-state index is 10.9. The Balaban J connectivity index is 1.13.